The molecule has 7 nitrogen and oxygen atoms in total. The Labute approximate surface area is 195 Å². The Morgan fingerprint density at radius 1 is 0.812 bits per heavy atom. The number of rotatable bonds is 18. The van der Waals surface area contributed by atoms with E-state index in [1.807, 2.05) is 13.8 Å². The van der Waals surface area contributed by atoms with Crippen molar-refractivity contribution in [3.05, 3.63) is 0 Å². The fraction of sp³-hybridized carbons (Fsp3) is 0.917. The smallest absolute Gasteiger partial charge is 0.330 e. The molecule has 1 N–H and O–H groups in total. The molecule has 4 unspecified atom stereocenters. The molecule has 190 valence electrons. The van der Waals surface area contributed by atoms with Gasteiger partial charge in [0.05, 0.1) is 19.1 Å². The summed E-state index contributed by atoms with van der Waals surface area (Å²) in [5, 5.41) is 0. The first kappa shape index (κ1) is 30.9. The van der Waals surface area contributed by atoms with Crippen LogP contribution in [0.1, 0.15) is 106 Å². The lowest BCUT2D eigenvalue weighted by molar-refractivity contribution is -0.161. The Bertz CT molecular complexity index is 647. The Hall–Kier alpha value is -1.15. The van der Waals surface area contributed by atoms with E-state index in [-0.39, 0.29) is 37.9 Å². The van der Waals surface area contributed by atoms with Crippen molar-refractivity contribution in [3.8, 4) is 0 Å². The third kappa shape index (κ3) is 8.65. The number of hydrogen-bond acceptors (Lipinski definition) is 6. The molecule has 0 rings (SSSR count). The molecule has 0 amide bonds. The first-order valence-electron chi connectivity index (χ1n) is 12.4. The van der Waals surface area contributed by atoms with E-state index in [1.165, 1.54) is 6.92 Å². The lowest BCUT2D eigenvalue weighted by atomic mass is 9.86. The van der Waals surface area contributed by atoms with Crippen molar-refractivity contribution >= 4 is 22.1 Å². The molecule has 0 heterocycles. The van der Waals surface area contributed by atoms with Gasteiger partial charge >= 0.3 is 11.9 Å². The summed E-state index contributed by atoms with van der Waals surface area (Å²) in [6.07, 6.45) is 7.17. The van der Waals surface area contributed by atoms with Crippen molar-refractivity contribution in [2.24, 2.45) is 17.8 Å². The van der Waals surface area contributed by atoms with Crippen LogP contribution in [0, 0.1) is 17.8 Å². The van der Waals surface area contributed by atoms with Gasteiger partial charge in [0, 0.05) is 0 Å². The molecule has 0 radical (unpaired) electrons. The van der Waals surface area contributed by atoms with Crippen LogP contribution in [-0.4, -0.2) is 42.9 Å². The van der Waals surface area contributed by atoms with E-state index in [0.29, 0.717) is 0 Å². The number of hydrogen-bond donors (Lipinski definition) is 1. The van der Waals surface area contributed by atoms with Gasteiger partial charge in [-0.15, -0.1) is 0 Å². The predicted octanol–water partition coefficient (Wildman–Crippen LogP) is 5.57. The largest absolute Gasteiger partial charge is 0.465 e. The van der Waals surface area contributed by atoms with Gasteiger partial charge in [0.2, 0.25) is 4.75 Å². The highest BCUT2D eigenvalue weighted by molar-refractivity contribution is 7.88. The highest BCUT2D eigenvalue weighted by Gasteiger charge is 2.59. The maximum Gasteiger partial charge on any atom is 0.330 e. The SMILES string of the molecule is CCCCC(CC)COC(=O)C(CC)C(CC)(C(=O)OCC(CC)CCCC)S(=O)(=O)O. The number of carbonyl (C=O) groups excluding carboxylic acids is 2. The van der Waals surface area contributed by atoms with Gasteiger partial charge in [-0.3, -0.25) is 14.1 Å². The van der Waals surface area contributed by atoms with Crippen molar-refractivity contribution in [2.45, 2.75) is 110 Å². The van der Waals surface area contributed by atoms with E-state index >= 15 is 0 Å². The van der Waals surface area contributed by atoms with Crippen molar-refractivity contribution in [3.63, 3.8) is 0 Å². The van der Waals surface area contributed by atoms with Crippen molar-refractivity contribution in [2.75, 3.05) is 13.2 Å². The predicted molar refractivity (Wildman–Crippen MR) is 127 cm³/mol. The Kier molecular flexibility index (Phi) is 15.1. The van der Waals surface area contributed by atoms with Gasteiger partial charge in [0.25, 0.3) is 10.1 Å². The van der Waals surface area contributed by atoms with Crippen molar-refractivity contribution < 1.29 is 32.0 Å². The molecule has 4 atom stereocenters. The summed E-state index contributed by atoms with van der Waals surface area (Å²) in [6.45, 7) is 11.5. The molecule has 8 heteroatoms. The number of carbonyl (C=O) groups is 2. The number of esters is 2. The van der Waals surface area contributed by atoms with E-state index in [4.69, 9.17) is 9.47 Å². The summed E-state index contributed by atoms with van der Waals surface area (Å²) >= 11 is 0. The van der Waals surface area contributed by atoms with Crippen LogP contribution < -0.4 is 0 Å². The summed E-state index contributed by atoms with van der Waals surface area (Å²) in [4.78, 5) is 26.1. The summed E-state index contributed by atoms with van der Waals surface area (Å²) in [5.74, 6) is -2.91. The highest BCUT2D eigenvalue weighted by Crippen LogP contribution is 2.36. The molecule has 0 fully saturated rings. The molecule has 0 aromatic carbocycles. The zero-order chi connectivity index (χ0) is 24.8. The average molecular weight is 479 g/mol. The molecule has 0 aromatic heterocycles. The summed E-state index contributed by atoms with van der Waals surface area (Å²) in [5.41, 5.74) is 0. The zero-order valence-corrected chi connectivity index (χ0v) is 21.8. The van der Waals surface area contributed by atoms with Crippen LogP contribution in [0.3, 0.4) is 0 Å². The quantitative estimate of drug-likeness (QED) is 0.203. The average Bonchev–Trinajstić information content (AvgIpc) is 2.76. The Morgan fingerprint density at radius 3 is 1.62 bits per heavy atom. The second kappa shape index (κ2) is 15.6. The Balaban J connectivity index is 5.66. The molecular weight excluding hydrogens is 432 g/mol. The van der Waals surface area contributed by atoms with Gasteiger partial charge in [-0.2, -0.15) is 8.42 Å². The van der Waals surface area contributed by atoms with Gasteiger partial charge < -0.3 is 9.47 Å². The zero-order valence-electron chi connectivity index (χ0n) is 21.0. The summed E-state index contributed by atoms with van der Waals surface area (Å²) < 4.78 is 43.6. The first-order valence-corrected chi connectivity index (χ1v) is 13.8. The molecule has 0 aliphatic rings. The normalized spacial score (nSPS) is 16.6. The maximum absolute atomic E-state index is 13.1. The highest BCUT2D eigenvalue weighted by atomic mass is 32.2. The van der Waals surface area contributed by atoms with Crippen LogP contribution in [0.25, 0.3) is 0 Å². The number of ether oxygens (including phenoxy) is 2. The molecule has 0 saturated carbocycles. The van der Waals surface area contributed by atoms with Gasteiger partial charge in [0.1, 0.15) is 0 Å². The fourth-order valence-electron chi connectivity index (χ4n) is 4.10. The summed E-state index contributed by atoms with van der Waals surface area (Å²) in [6, 6.07) is 0. The molecule has 0 aromatic rings. The van der Waals surface area contributed by atoms with Gasteiger partial charge in [-0.05, 0) is 37.5 Å². The van der Waals surface area contributed by atoms with Crippen LogP contribution in [0.2, 0.25) is 0 Å². The molecular formula is C24H46O7S. The molecule has 32 heavy (non-hydrogen) atoms. The second-order valence-electron chi connectivity index (χ2n) is 8.74. The molecule has 0 bridgehead atoms. The minimum Gasteiger partial charge on any atom is -0.465 e. The number of unbranched alkanes of at least 4 members (excludes halogenated alkanes) is 2. The van der Waals surface area contributed by atoms with Crippen LogP contribution in [0.5, 0.6) is 0 Å². The van der Waals surface area contributed by atoms with Crippen LogP contribution in [-0.2, 0) is 29.2 Å². The molecule has 0 saturated heterocycles. The molecule has 0 aliphatic heterocycles. The van der Waals surface area contributed by atoms with E-state index in [0.717, 1.165) is 51.4 Å². The van der Waals surface area contributed by atoms with E-state index in [1.54, 1.807) is 6.92 Å². The van der Waals surface area contributed by atoms with E-state index in [2.05, 4.69) is 13.8 Å². The van der Waals surface area contributed by atoms with Gasteiger partial charge in [-0.1, -0.05) is 80.1 Å². The second-order valence-corrected chi connectivity index (χ2v) is 10.4. The first-order chi connectivity index (χ1) is 15.1. The third-order valence-electron chi connectivity index (χ3n) is 6.58. The van der Waals surface area contributed by atoms with Crippen LogP contribution >= 0.6 is 0 Å². The van der Waals surface area contributed by atoms with E-state index < -0.39 is 32.7 Å². The standard InChI is InChI=1S/C24H46O7S/c1-7-13-15-19(9-3)17-30-22(25)21(11-5)24(12-6,32(27,28)29)23(26)31-18-20(10-4)16-14-8-2/h19-21H,7-18H2,1-6H3,(H,27,28,29). The van der Waals surface area contributed by atoms with Gasteiger partial charge in [0.15, 0.2) is 0 Å². The van der Waals surface area contributed by atoms with Crippen LogP contribution in [0.15, 0.2) is 0 Å². The molecule has 0 spiro atoms. The lowest BCUT2D eigenvalue weighted by Gasteiger charge is -2.33. The fourth-order valence-corrected chi connectivity index (χ4v) is 5.36. The molecule has 0 aliphatic carbocycles. The van der Waals surface area contributed by atoms with E-state index in [9.17, 15) is 22.6 Å². The van der Waals surface area contributed by atoms with Crippen molar-refractivity contribution in [1.82, 2.24) is 0 Å². The Morgan fingerprint density at radius 2 is 1.28 bits per heavy atom. The van der Waals surface area contributed by atoms with Gasteiger partial charge in [-0.25, -0.2) is 0 Å². The van der Waals surface area contributed by atoms with Crippen LogP contribution in [0.4, 0.5) is 0 Å². The maximum atomic E-state index is 13.1. The monoisotopic (exact) mass is 478 g/mol. The lowest BCUT2D eigenvalue weighted by Crippen LogP contribution is -2.55. The topological polar surface area (TPSA) is 107 Å². The summed E-state index contributed by atoms with van der Waals surface area (Å²) in [7, 11) is -4.94. The minimum absolute atomic E-state index is 0.0281. The minimum atomic E-state index is -4.94. The van der Waals surface area contributed by atoms with Crippen molar-refractivity contribution in [1.29, 1.82) is 0 Å². The third-order valence-corrected chi connectivity index (χ3v) is 8.25.